The van der Waals surface area contributed by atoms with Crippen LogP contribution in [-0.2, 0) is 4.74 Å². The number of hydrogen-bond donors (Lipinski definition) is 2. The van der Waals surface area contributed by atoms with E-state index < -0.39 is 0 Å². The van der Waals surface area contributed by atoms with Crippen molar-refractivity contribution in [1.29, 1.82) is 0 Å². The third kappa shape index (κ3) is 1.56. The summed E-state index contributed by atoms with van der Waals surface area (Å²) in [5.74, 6) is -0.343. The minimum atomic E-state index is -0.343. The van der Waals surface area contributed by atoms with Crippen LogP contribution in [-0.4, -0.2) is 30.3 Å². The van der Waals surface area contributed by atoms with Crippen molar-refractivity contribution in [2.24, 2.45) is 0 Å². The predicted molar refractivity (Wildman–Crippen MR) is 51.2 cm³/mol. The fraction of sp³-hybridized carbons (Fsp3) is 0.300. The maximum absolute atomic E-state index is 11.4. The topological polar surface area (TPSA) is 58.6 Å². The number of anilines is 1. The number of rotatable bonds is 1. The summed E-state index contributed by atoms with van der Waals surface area (Å²) in [6.45, 7) is 0.144. The summed E-state index contributed by atoms with van der Waals surface area (Å²) in [5.41, 5.74) is 1.23. The molecular weight excluding hydrogens is 182 g/mol. The molecule has 1 aliphatic rings. The molecule has 0 radical (unpaired) electrons. The van der Waals surface area contributed by atoms with E-state index in [2.05, 4.69) is 5.32 Å². The highest BCUT2D eigenvalue weighted by molar-refractivity contribution is 5.96. The van der Waals surface area contributed by atoms with Gasteiger partial charge in [-0.25, -0.2) is 4.79 Å². The quantitative estimate of drug-likeness (QED) is 0.642. The van der Waals surface area contributed by atoms with Crippen LogP contribution in [0.15, 0.2) is 24.3 Å². The van der Waals surface area contributed by atoms with Crippen LogP contribution < -0.4 is 5.32 Å². The second kappa shape index (κ2) is 3.67. The summed E-state index contributed by atoms with van der Waals surface area (Å²) >= 11 is 0. The van der Waals surface area contributed by atoms with E-state index in [1.54, 1.807) is 18.2 Å². The first-order valence-corrected chi connectivity index (χ1v) is 4.45. The summed E-state index contributed by atoms with van der Waals surface area (Å²) in [7, 11) is 0. The summed E-state index contributed by atoms with van der Waals surface area (Å²) in [4.78, 5) is 11.4. The number of ether oxygens (including phenoxy) is 1. The number of nitrogens with one attached hydrogen (secondary N) is 1. The number of benzene rings is 1. The minimum Gasteiger partial charge on any atom is -0.460 e. The van der Waals surface area contributed by atoms with Gasteiger partial charge in [0.05, 0.1) is 18.2 Å². The van der Waals surface area contributed by atoms with Gasteiger partial charge in [-0.1, -0.05) is 12.1 Å². The van der Waals surface area contributed by atoms with Gasteiger partial charge >= 0.3 is 5.97 Å². The third-order valence-electron chi connectivity index (χ3n) is 2.14. The number of aliphatic hydroxyl groups is 1. The van der Waals surface area contributed by atoms with E-state index in [1.165, 1.54) is 0 Å². The van der Waals surface area contributed by atoms with Gasteiger partial charge in [0.15, 0.2) is 0 Å². The zero-order chi connectivity index (χ0) is 9.97. The second-order valence-electron chi connectivity index (χ2n) is 3.17. The zero-order valence-corrected chi connectivity index (χ0v) is 7.56. The molecule has 0 saturated carbocycles. The van der Waals surface area contributed by atoms with Gasteiger partial charge in [0, 0.05) is 5.69 Å². The fourth-order valence-corrected chi connectivity index (χ4v) is 1.40. The first-order valence-electron chi connectivity index (χ1n) is 4.45. The Morgan fingerprint density at radius 3 is 3.07 bits per heavy atom. The maximum Gasteiger partial charge on any atom is 0.340 e. The molecule has 0 aliphatic carbocycles. The molecule has 1 aromatic rings. The Labute approximate surface area is 81.5 Å². The minimum absolute atomic E-state index is 0.0540. The monoisotopic (exact) mass is 193 g/mol. The fourth-order valence-electron chi connectivity index (χ4n) is 1.40. The van der Waals surface area contributed by atoms with E-state index in [0.29, 0.717) is 11.3 Å². The average molecular weight is 193 g/mol. The molecule has 4 heteroatoms. The van der Waals surface area contributed by atoms with E-state index in [1.807, 2.05) is 6.07 Å². The Bertz CT molecular complexity index is 351. The van der Waals surface area contributed by atoms with Crippen LogP contribution in [0.5, 0.6) is 0 Å². The second-order valence-corrected chi connectivity index (χ2v) is 3.17. The largest absolute Gasteiger partial charge is 0.460 e. The van der Waals surface area contributed by atoms with Crippen molar-refractivity contribution in [1.82, 2.24) is 0 Å². The van der Waals surface area contributed by atoms with Crippen molar-refractivity contribution in [3.05, 3.63) is 29.8 Å². The van der Waals surface area contributed by atoms with Crippen molar-refractivity contribution in [3.8, 4) is 0 Å². The van der Waals surface area contributed by atoms with Gasteiger partial charge in [0.2, 0.25) is 0 Å². The maximum atomic E-state index is 11.4. The van der Waals surface area contributed by atoms with Crippen molar-refractivity contribution < 1.29 is 14.6 Å². The molecule has 1 heterocycles. The zero-order valence-electron chi connectivity index (χ0n) is 7.56. The number of aliphatic hydroxyl groups excluding tert-OH is 1. The van der Waals surface area contributed by atoms with E-state index in [0.717, 1.165) is 0 Å². The van der Waals surface area contributed by atoms with E-state index in [9.17, 15) is 4.79 Å². The third-order valence-corrected chi connectivity index (χ3v) is 2.14. The van der Waals surface area contributed by atoms with Crippen LogP contribution in [0.3, 0.4) is 0 Å². The molecule has 0 fully saturated rings. The van der Waals surface area contributed by atoms with E-state index >= 15 is 0 Å². The highest BCUT2D eigenvalue weighted by Crippen LogP contribution is 2.19. The van der Waals surface area contributed by atoms with Crippen molar-refractivity contribution in [3.63, 3.8) is 0 Å². The molecule has 14 heavy (non-hydrogen) atoms. The smallest absolute Gasteiger partial charge is 0.340 e. The number of para-hydroxylation sites is 1. The van der Waals surface area contributed by atoms with Gasteiger partial charge in [-0.05, 0) is 12.1 Å². The normalized spacial score (nSPS) is 20.4. The Morgan fingerprint density at radius 1 is 1.50 bits per heavy atom. The standard InChI is InChI=1S/C10H11NO3/c12-5-7-6-14-10(13)8-3-1-2-4-9(8)11-7/h1-4,7,11-12H,5-6H2. The molecule has 1 aromatic carbocycles. The SMILES string of the molecule is O=C1OCC(CO)Nc2ccccc21. The molecule has 2 rings (SSSR count). The van der Waals surface area contributed by atoms with Crippen LogP contribution in [0.2, 0.25) is 0 Å². The van der Waals surface area contributed by atoms with Gasteiger partial charge in [0.1, 0.15) is 6.61 Å². The predicted octanol–water partition coefficient (Wildman–Crippen LogP) is 0.630. The Hall–Kier alpha value is -1.55. The highest BCUT2D eigenvalue weighted by atomic mass is 16.5. The molecule has 74 valence electrons. The molecule has 2 N–H and O–H groups in total. The molecule has 0 aromatic heterocycles. The lowest BCUT2D eigenvalue weighted by atomic mass is 10.2. The number of cyclic esters (lactones) is 1. The Morgan fingerprint density at radius 2 is 2.29 bits per heavy atom. The van der Waals surface area contributed by atoms with Gasteiger partial charge in [-0.2, -0.15) is 0 Å². The Balaban J connectivity index is 2.36. The number of fused-ring (bicyclic) bond motifs is 1. The van der Waals surface area contributed by atoms with Gasteiger partial charge in [0.25, 0.3) is 0 Å². The van der Waals surface area contributed by atoms with Crippen LogP contribution >= 0.6 is 0 Å². The van der Waals surface area contributed by atoms with E-state index in [4.69, 9.17) is 9.84 Å². The van der Waals surface area contributed by atoms with Crippen LogP contribution in [0.25, 0.3) is 0 Å². The summed E-state index contributed by atoms with van der Waals surface area (Å²) in [6.07, 6.45) is 0. The number of carbonyl (C=O) groups excluding carboxylic acids is 1. The van der Waals surface area contributed by atoms with Gasteiger partial charge < -0.3 is 15.2 Å². The summed E-state index contributed by atoms with van der Waals surface area (Å²) in [5, 5.41) is 12.0. The van der Waals surface area contributed by atoms with Crippen molar-refractivity contribution in [2.75, 3.05) is 18.5 Å². The molecule has 1 aliphatic heterocycles. The first-order chi connectivity index (χ1) is 6.81. The molecule has 1 atom stereocenters. The summed E-state index contributed by atoms with van der Waals surface area (Å²) in [6, 6.07) is 6.89. The van der Waals surface area contributed by atoms with Crippen LogP contribution in [0.4, 0.5) is 5.69 Å². The van der Waals surface area contributed by atoms with E-state index in [-0.39, 0.29) is 25.2 Å². The average Bonchev–Trinajstić information content (AvgIpc) is 2.39. The molecular formula is C10H11NO3. The number of esters is 1. The number of hydrogen-bond acceptors (Lipinski definition) is 4. The lowest BCUT2D eigenvalue weighted by molar-refractivity contribution is 0.0479. The van der Waals surface area contributed by atoms with Gasteiger partial charge in [-0.15, -0.1) is 0 Å². The highest BCUT2D eigenvalue weighted by Gasteiger charge is 2.20. The molecule has 0 saturated heterocycles. The molecule has 4 nitrogen and oxygen atoms in total. The Kier molecular flexibility index (Phi) is 2.37. The molecule has 1 unspecified atom stereocenters. The number of carbonyl (C=O) groups is 1. The van der Waals surface area contributed by atoms with Crippen molar-refractivity contribution >= 4 is 11.7 Å². The molecule has 0 spiro atoms. The molecule has 0 bridgehead atoms. The first kappa shape index (κ1) is 9.02. The molecule has 0 amide bonds. The van der Waals surface area contributed by atoms with Crippen molar-refractivity contribution in [2.45, 2.75) is 6.04 Å². The lowest BCUT2D eigenvalue weighted by Gasteiger charge is -2.12. The van der Waals surface area contributed by atoms with Crippen LogP contribution in [0, 0.1) is 0 Å². The van der Waals surface area contributed by atoms with Gasteiger partial charge in [-0.3, -0.25) is 0 Å². The summed E-state index contributed by atoms with van der Waals surface area (Å²) < 4.78 is 4.97. The lowest BCUT2D eigenvalue weighted by Crippen LogP contribution is -2.27. The van der Waals surface area contributed by atoms with Crippen LogP contribution in [0.1, 0.15) is 10.4 Å².